The maximum absolute atomic E-state index is 12.6. The molecular weight excluding hydrogens is 475 g/mol. The van der Waals surface area contributed by atoms with E-state index in [1.54, 1.807) is 12.1 Å². The second kappa shape index (κ2) is 13.9. The molecule has 1 unspecified atom stereocenters. The molecule has 34 heavy (non-hydrogen) atoms. The molecule has 0 aromatic heterocycles. The van der Waals surface area contributed by atoms with Crippen molar-refractivity contribution < 1.29 is 14.4 Å². The van der Waals surface area contributed by atoms with Gasteiger partial charge in [0, 0.05) is 38.3 Å². The molecule has 2 aromatic carbocycles. The first kappa shape index (κ1) is 29.3. The number of carbonyl (C=O) groups is 3. The average molecular weight is 507 g/mol. The van der Waals surface area contributed by atoms with Crippen LogP contribution >= 0.6 is 24.8 Å². The Balaban J connectivity index is 0.00000289. The minimum Gasteiger partial charge on any atom is -0.363 e. The highest BCUT2D eigenvalue weighted by molar-refractivity contribution is 6.37. The molecule has 1 saturated heterocycles. The van der Waals surface area contributed by atoms with Gasteiger partial charge in [-0.05, 0) is 36.7 Å². The van der Waals surface area contributed by atoms with Gasteiger partial charge in [-0.1, -0.05) is 54.6 Å². The van der Waals surface area contributed by atoms with Crippen LogP contribution in [-0.2, 0) is 16.1 Å². The summed E-state index contributed by atoms with van der Waals surface area (Å²) in [5, 5.41) is 2.53. The number of hydrogen-bond acceptors (Lipinski definition) is 5. The first-order valence-electron chi connectivity index (χ1n) is 10.7. The van der Waals surface area contributed by atoms with Crippen LogP contribution in [0.3, 0.4) is 0 Å². The van der Waals surface area contributed by atoms with E-state index in [0.29, 0.717) is 11.1 Å². The minimum atomic E-state index is -1.07. The summed E-state index contributed by atoms with van der Waals surface area (Å²) in [5.74, 6) is -2.33. The molecule has 2 aromatic rings. The van der Waals surface area contributed by atoms with E-state index in [0.717, 1.165) is 38.3 Å². The van der Waals surface area contributed by atoms with Crippen LogP contribution in [0.4, 0.5) is 0 Å². The van der Waals surface area contributed by atoms with Crippen molar-refractivity contribution >= 4 is 54.6 Å². The Morgan fingerprint density at radius 1 is 0.971 bits per heavy atom. The number of rotatable bonds is 8. The Labute approximate surface area is 213 Å². The Morgan fingerprint density at radius 2 is 1.59 bits per heavy atom. The predicted octanol–water partition coefficient (Wildman–Crippen LogP) is 2.62. The Morgan fingerprint density at radius 3 is 2.21 bits per heavy atom. The predicted molar refractivity (Wildman–Crippen MR) is 140 cm³/mol. The van der Waals surface area contributed by atoms with Crippen LogP contribution in [0.15, 0.2) is 48.5 Å². The van der Waals surface area contributed by atoms with Gasteiger partial charge < -0.3 is 16.0 Å². The molecule has 2 amide bonds. The molecule has 3 rings (SSSR count). The standard InChI is InChI=1S/C25H30N4O3.2ClH/c1-18(23(30)24(26)31)27-25(32)22-6-4-3-5-21(22)12-11-19-7-9-20(10-8-19)17-29-15-13-28(2)14-16-29;;/h3-12,18H,13-17H2,1-2H3,(H2,26,31)(H,27,32);2*1H/b12-11+;;. The SMILES string of the molecule is CC(NC(=O)c1ccccc1/C=C/c1ccc(CN2CCN(C)CC2)cc1)C(=O)C(N)=O.Cl.Cl. The molecule has 0 bridgehead atoms. The van der Waals surface area contributed by atoms with Gasteiger partial charge in [0.2, 0.25) is 5.78 Å². The van der Waals surface area contributed by atoms with Crippen molar-refractivity contribution in [1.82, 2.24) is 15.1 Å². The molecule has 0 radical (unpaired) electrons. The lowest BCUT2D eigenvalue weighted by atomic mass is 10.0. The van der Waals surface area contributed by atoms with Gasteiger partial charge in [0.25, 0.3) is 11.8 Å². The molecule has 184 valence electrons. The molecule has 9 heteroatoms. The van der Waals surface area contributed by atoms with Gasteiger partial charge in [-0.25, -0.2) is 0 Å². The first-order valence-corrected chi connectivity index (χ1v) is 10.7. The van der Waals surface area contributed by atoms with Crippen LogP contribution in [0.5, 0.6) is 0 Å². The normalized spacial score (nSPS) is 15.1. The van der Waals surface area contributed by atoms with Crippen LogP contribution < -0.4 is 11.1 Å². The van der Waals surface area contributed by atoms with Crippen LogP contribution in [0.1, 0.15) is 34.0 Å². The van der Waals surface area contributed by atoms with E-state index in [1.807, 2.05) is 24.3 Å². The Hall–Kier alpha value is -2.71. The number of benzene rings is 2. The maximum atomic E-state index is 12.6. The fourth-order valence-corrected chi connectivity index (χ4v) is 3.59. The van der Waals surface area contributed by atoms with Crippen LogP contribution in [-0.4, -0.2) is 66.7 Å². The number of halogens is 2. The van der Waals surface area contributed by atoms with E-state index in [4.69, 9.17) is 5.73 Å². The monoisotopic (exact) mass is 506 g/mol. The van der Waals surface area contributed by atoms with Gasteiger partial charge in [0.05, 0.1) is 6.04 Å². The number of piperazine rings is 1. The van der Waals surface area contributed by atoms with E-state index in [1.165, 1.54) is 12.5 Å². The molecule has 1 atom stereocenters. The van der Waals surface area contributed by atoms with Gasteiger partial charge in [-0.3, -0.25) is 19.3 Å². The zero-order valence-corrected chi connectivity index (χ0v) is 21.0. The second-order valence-corrected chi connectivity index (χ2v) is 8.17. The third-order valence-electron chi connectivity index (χ3n) is 5.63. The zero-order valence-electron chi connectivity index (χ0n) is 19.4. The van der Waals surface area contributed by atoms with Crippen molar-refractivity contribution in [2.24, 2.45) is 5.73 Å². The molecule has 7 nitrogen and oxygen atoms in total. The van der Waals surface area contributed by atoms with Crippen molar-refractivity contribution in [2.75, 3.05) is 33.2 Å². The highest BCUT2D eigenvalue weighted by Gasteiger charge is 2.21. The quantitative estimate of drug-likeness (QED) is 0.423. The van der Waals surface area contributed by atoms with Crippen LogP contribution in [0, 0.1) is 0 Å². The number of nitrogens with two attached hydrogens (primary N) is 1. The fraction of sp³-hybridized carbons (Fsp3) is 0.320. The van der Waals surface area contributed by atoms with E-state index >= 15 is 0 Å². The number of Topliss-reactive ketones (excluding diaryl/α,β-unsaturated/α-hetero) is 1. The number of nitrogens with zero attached hydrogens (tertiary/aromatic N) is 2. The van der Waals surface area contributed by atoms with Gasteiger partial charge >= 0.3 is 0 Å². The Kier molecular flexibility index (Phi) is 12.0. The molecule has 3 N–H and O–H groups in total. The number of likely N-dealkylation sites (N-methyl/N-ethyl adjacent to an activating group) is 1. The van der Waals surface area contributed by atoms with Crippen LogP contribution in [0.25, 0.3) is 12.2 Å². The summed E-state index contributed by atoms with van der Waals surface area (Å²) in [7, 11) is 2.15. The molecule has 1 heterocycles. The van der Waals surface area contributed by atoms with Crippen molar-refractivity contribution in [3.8, 4) is 0 Å². The number of amides is 2. The molecule has 0 saturated carbocycles. The highest BCUT2D eigenvalue weighted by atomic mass is 35.5. The van der Waals surface area contributed by atoms with Crippen LogP contribution in [0.2, 0.25) is 0 Å². The van der Waals surface area contributed by atoms with E-state index < -0.39 is 23.6 Å². The summed E-state index contributed by atoms with van der Waals surface area (Å²) in [5.41, 5.74) is 8.44. The molecular formula is C25H32Cl2N4O3. The van der Waals surface area contributed by atoms with Gasteiger partial charge in [-0.2, -0.15) is 0 Å². The minimum absolute atomic E-state index is 0. The number of primary amides is 1. The smallest absolute Gasteiger partial charge is 0.287 e. The lowest BCUT2D eigenvalue weighted by molar-refractivity contribution is -0.136. The van der Waals surface area contributed by atoms with Gasteiger partial charge in [0.1, 0.15) is 0 Å². The van der Waals surface area contributed by atoms with Gasteiger partial charge in [0.15, 0.2) is 0 Å². The van der Waals surface area contributed by atoms with E-state index in [9.17, 15) is 14.4 Å². The van der Waals surface area contributed by atoms with E-state index in [-0.39, 0.29) is 24.8 Å². The maximum Gasteiger partial charge on any atom is 0.287 e. The second-order valence-electron chi connectivity index (χ2n) is 8.17. The first-order chi connectivity index (χ1) is 15.3. The largest absolute Gasteiger partial charge is 0.363 e. The topological polar surface area (TPSA) is 95.7 Å². The molecule has 1 aliphatic rings. The number of ketones is 1. The van der Waals surface area contributed by atoms with Crippen molar-refractivity contribution in [3.05, 3.63) is 70.8 Å². The summed E-state index contributed by atoms with van der Waals surface area (Å²) in [6.07, 6.45) is 3.81. The number of carbonyl (C=O) groups excluding carboxylic acids is 3. The summed E-state index contributed by atoms with van der Waals surface area (Å²) < 4.78 is 0. The summed E-state index contributed by atoms with van der Waals surface area (Å²) in [6.45, 7) is 6.75. The molecule has 0 spiro atoms. The molecule has 0 aliphatic carbocycles. The van der Waals surface area contributed by atoms with Crippen molar-refractivity contribution in [3.63, 3.8) is 0 Å². The lowest BCUT2D eigenvalue weighted by Crippen LogP contribution is -2.44. The third kappa shape index (κ3) is 8.25. The fourth-order valence-electron chi connectivity index (χ4n) is 3.59. The third-order valence-corrected chi connectivity index (χ3v) is 5.63. The van der Waals surface area contributed by atoms with Crippen molar-refractivity contribution in [1.29, 1.82) is 0 Å². The van der Waals surface area contributed by atoms with Gasteiger partial charge in [-0.15, -0.1) is 24.8 Å². The summed E-state index contributed by atoms with van der Waals surface area (Å²) in [6, 6.07) is 14.5. The number of nitrogens with one attached hydrogen (secondary N) is 1. The molecule has 1 fully saturated rings. The highest BCUT2D eigenvalue weighted by Crippen LogP contribution is 2.15. The Bertz CT molecular complexity index is 1000. The number of hydrogen-bond donors (Lipinski definition) is 2. The summed E-state index contributed by atoms with van der Waals surface area (Å²) >= 11 is 0. The lowest BCUT2D eigenvalue weighted by Gasteiger charge is -2.32. The summed E-state index contributed by atoms with van der Waals surface area (Å²) in [4.78, 5) is 40.1. The van der Waals surface area contributed by atoms with E-state index in [2.05, 4.69) is 46.4 Å². The van der Waals surface area contributed by atoms with Crippen molar-refractivity contribution in [2.45, 2.75) is 19.5 Å². The average Bonchev–Trinajstić information content (AvgIpc) is 2.79. The zero-order chi connectivity index (χ0) is 23.1. The molecule has 1 aliphatic heterocycles.